The fourth-order valence-electron chi connectivity index (χ4n) is 3.17. The minimum absolute atomic E-state index is 0.0468. The van der Waals surface area contributed by atoms with Crippen molar-refractivity contribution in [2.24, 2.45) is 5.14 Å². The molecule has 0 amide bonds. The van der Waals surface area contributed by atoms with Crippen molar-refractivity contribution in [2.45, 2.75) is 4.90 Å². The van der Waals surface area contributed by atoms with Crippen LogP contribution in [0.25, 0.3) is 33.4 Å². The second-order valence-electron chi connectivity index (χ2n) is 6.37. The SMILES string of the molecule is NS(=O)(=O)c1cnccc1-c1c(O)cc(O)c2c(=O)cc(-c3ccccc3Cl)oc12. The van der Waals surface area contributed by atoms with Gasteiger partial charge in [-0.05, 0) is 18.2 Å². The van der Waals surface area contributed by atoms with Gasteiger partial charge in [0.2, 0.25) is 10.0 Å². The van der Waals surface area contributed by atoms with Gasteiger partial charge in [0.25, 0.3) is 0 Å². The summed E-state index contributed by atoms with van der Waals surface area (Å²) in [6.07, 6.45) is 2.30. The Morgan fingerprint density at radius 3 is 2.47 bits per heavy atom. The summed E-state index contributed by atoms with van der Waals surface area (Å²) >= 11 is 6.20. The van der Waals surface area contributed by atoms with Gasteiger partial charge in [0.05, 0.1) is 10.6 Å². The van der Waals surface area contributed by atoms with Crippen LogP contribution >= 0.6 is 11.6 Å². The Bertz CT molecular complexity index is 1480. The highest BCUT2D eigenvalue weighted by Crippen LogP contribution is 2.43. The number of rotatable bonds is 3. The van der Waals surface area contributed by atoms with E-state index in [1.165, 1.54) is 12.3 Å². The van der Waals surface area contributed by atoms with Crippen LogP contribution in [-0.2, 0) is 10.0 Å². The standard InChI is InChI=1S/C20H13ClN2O6S/c21-12-4-2-1-3-10(12)16-8-15(26)19-14(25)7-13(24)18(20(19)29-16)11-5-6-23-9-17(11)30(22,27)28/h1-9,24-25H,(H2,22,27,28). The third-order valence-electron chi connectivity index (χ3n) is 4.46. The molecule has 8 nitrogen and oxygen atoms in total. The number of halogens is 1. The maximum atomic E-state index is 12.8. The third-order valence-corrected chi connectivity index (χ3v) is 5.73. The molecule has 0 fully saturated rings. The molecule has 0 unspecified atom stereocenters. The molecule has 0 radical (unpaired) electrons. The molecule has 2 heterocycles. The Balaban J connectivity index is 2.18. The first kappa shape index (κ1) is 19.9. The van der Waals surface area contributed by atoms with Gasteiger partial charge in [-0.1, -0.05) is 23.7 Å². The molecular weight excluding hydrogens is 432 g/mol. The predicted molar refractivity (Wildman–Crippen MR) is 111 cm³/mol. The molecule has 0 aliphatic carbocycles. The zero-order valence-corrected chi connectivity index (χ0v) is 16.6. The van der Waals surface area contributed by atoms with Gasteiger partial charge < -0.3 is 14.6 Å². The molecule has 10 heteroatoms. The Hall–Kier alpha value is -3.40. The van der Waals surface area contributed by atoms with Gasteiger partial charge in [-0.25, -0.2) is 13.6 Å². The average Bonchev–Trinajstić information content (AvgIpc) is 2.67. The maximum absolute atomic E-state index is 12.8. The number of primary sulfonamides is 1. The highest BCUT2D eigenvalue weighted by Gasteiger charge is 2.24. The molecule has 0 atom stereocenters. The number of sulfonamides is 1. The lowest BCUT2D eigenvalue weighted by Crippen LogP contribution is -2.14. The van der Waals surface area contributed by atoms with Crippen molar-refractivity contribution >= 4 is 32.6 Å². The maximum Gasteiger partial charge on any atom is 0.240 e. The number of pyridine rings is 1. The van der Waals surface area contributed by atoms with Crippen molar-refractivity contribution in [3.63, 3.8) is 0 Å². The van der Waals surface area contributed by atoms with Crippen LogP contribution in [-0.4, -0.2) is 23.6 Å². The second-order valence-corrected chi connectivity index (χ2v) is 8.30. The average molecular weight is 445 g/mol. The topological polar surface area (TPSA) is 144 Å². The minimum Gasteiger partial charge on any atom is -0.507 e. The first-order valence-electron chi connectivity index (χ1n) is 8.43. The van der Waals surface area contributed by atoms with Crippen LogP contribution in [0.2, 0.25) is 5.02 Å². The summed E-state index contributed by atoms with van der Waals surface area (Å²) in [4.78, 5) is 16.1. The molecule has 0 bridgehead atoms. The summed E-state index contributed by atoms with van der Waals surface area (Å²) in [5.74, 6) is -0.983. The van der Waals surface area contributed by atoms with Crippen molar-refractivity contribution in [3.8, 4) is 33.9 Å². The van der Waals surface area contributed by atoms with Gasteiger partial charge in [-0.15, -0.1) is 0 Å². The zero-order valence-electron chi connectivity index (χ0n) is 15.0. The molecule has 4 N–H and O–H groups in total. The largest absolute Gasteiger partial charge is 0.507 e. The zero-order chi connectivity index (χ0) is 21.6. The van der Waals surface area contributed by atoms with Gasteiger partial charge >= 0.3 is 0 Å². The first-order valence-corrected chi connectivity index (χ1v) is 10.4. The van der Waals surface area contributed by atoms with E-state index in [0.717, 1.165) is 18.3 Å². The van der Waals surface area contributed by atoms with Crippen molar-refractivity contribution < 1.29 is 23.0 Å². The van der Waals surface area contributed by atoms with Gasteiger partial charge in [-0.2, -0.15) is 0 Å². The minimum atomic E-state index is -4.23. The number of phenols is 2. The number of benzene rings is 2. The number of hydrogen-bond acceptors (Lipinski definition) is 7. The Labute approximate surface area is 174 Å². The van der Waals surface area contributed by atoms with E-state index < -0.39 is 31.8 Å². The number of hydrogen-bond donors (Lipinski definition) is 3. The van der Waals surface area contributed by atoms with E-state index in [0.29, 0.717) is 10.6 Å². The van der Waals surface area contributed by atoms with Crippen LogP contribution in [0, 0.1) is 0 Å². The van der Waals surface area contributed by atoms with Crippen molar-refractivity contribution in [2.75, 3.05) is 0 Å². The molecule has 30 heavy (non-hydrogen) atoms. The molecule has 152 valence electrons. The van der Waals surface area contributed by atoms with E-state index >= 15 is 0 Å². The van der Waals surface area contributed by atoms with Crippen LogP contribution in [0.3, 0.4) is 0 Å². The molecule has 0 saturated carbocycles. The second kappa shape index (κ2) is 7.13. The van der Waals surface area contributed by atoms with Crippen molar-refractivity contribution in [1.29, 1.82) is 0 Å². The van der Waals surface area contributed by atoms with Crippen LogP contribution in [0.15, 0.2) is 69.0 Å². The Kier molecular flexibility index (Phi) is 4.73. The number of fused-ring (bicyclic) bond motifs is 1. The van der Waals surface area contributed by atoms with E-state index in [1.807, 2.05) is 0 Å². The monoisotopic (exact) mass is 444 g/mol. The lowest BCUT2D eigenvalue weighted by Gasteiger charge is -2.13. The van der Waals surface area contributed by atoms with E-state index in [4.69, 9.17) is 21.2 Å². The first-order chi connectivity index (χ1) is 14.2. The summed E-state index contributed by atoms with van der Waals surface area (Å²) in [7, 11) is -4.23. The van der Waals surface area contributed by atoms with Gasteiger partial charge in [0, 0.05) is 35.7 Å². The van der Waals surface area contributed by atoms with Crippen LogP contribution in [0.1, 0.15) is 0 Å². The molecule has 0 spiro atoms. The van der Waals surface area contributed by atoms with E-state index in [-0.39, 0.29) is 27.9 Å². The Morgan fingerprint density at radius 2 is 1.77 bits per heavy atom. The summed E-state index contributed by atoms with van der Waals surface area (Å²) < 4.78 is 29.9. The van der Waals surface area contributed by atoms with Gasteiger partial charge in [0.15, 0.2) is 11.0 Å². The van der Waals surface area contributed by atoms with E-state index in [9.17, 15) is 23.4 Å². The smallest absolute Gasteiger partial charge is 0.240 e. The van der Waals surface area contributed by atoms with Crippen molar-refractivity contribution in [3.05, 3.63) is 70.1 Å². The Morgan fingerprint density at radius 1 is 1.03 bits per heavy atom. The van der Waals surface area contributed by atoms with Crippen molar-refractivity contribution in [1.82, 2.24) is 4.98 Å². The number of nitrogens with zero attached hydrogens (tertiary/aromatic N) is 1. The number of aromatic nitrogens is 1. The lowest BCUT2D eigenvalue weighted by atomic mass is 10.0. The molecule has 0 aliphatic heterocycles. The number of aromatic hydroxyl groups is 2. The highest BCUT2D eigenvalue weighted by molar-refractivity contribution is 7.89. The summed E-state index contributed by atoms with van der Waals surface area (Å²) in [5.41, 5.74) is -0.634. The molecule has 0 aliphatic rings. The van der Waals surface area contributed by atoms with E-state index in [2.05, 4.69) is 4.98 Å². The molecule has 4 aromatic rings. The molecule has 2 aromatic heterocycles. The lowest BCUT2D eigenvalue weighted by molar-refractivity contribution is 0.453. The number of phenolic OH excluding ortho intramolecular Hbond substituents is 2. The van der Waals surface area contributed by atoms with Gasteiger partial charge in [-0.3, -0.25) is 9.78 Å². The molecule has 2 aromatic carbocycles. The third kappa shape index (κ3) is 3.28. The molecule has 4 rings (SSSR count). The van der Waals surface area contributed by atoms with Crippen LogP contribution in [0.4, 0.5) is 0 Å². The normalized spacial score (nSPS) is 11.7. The fourth-order valence-corrected chi connectivity index (χ4v) is 4.08. The summed E-state index contributed by atoms with van der Waals surface area (Å²) in [5, 5.41) is 26.1. The van der Waals surface area contributed by atoms with E-state index in [1.54, 1.807) is 24.3 Å². The predicted octanol–water partition coefficient (Wildman–Crippen LogP) is 3.23. The fraction of sp³-hybridized carbons (Fsp3) is 0. The highest BCUT2D eigenvalue weighted by atomic mass is 35.5. The summed E-state index contributed by atoms with van der Waals surface area (Å²) in [6, 6.07) is 9.99. The molecule has 0 saturated heterocycles. The molecular formula is C20H13ClN2O6S. The summed E-state index contributed by atoms with van der Waals surface area (Å²) in [6.45, 7) is 0. The number of nitrogens with two attached hydrogens (primary N) is 1. The van der Waals surface area contributed by atoms with Gasteiger partial charge in [0.1, 0.15) is 27.5 Å². The quantitative estimate of drug-likeness (QED) is 0.440. The van der Waals surface area contributed by atoms with Crippen LogP contribution in [0.5, 0.6) is 11.5 Å². The van der Waals surface area contributed by atoms with Crippen LogP contribution < -0.4 is 10.6 Å².